The second-order valence-corrected chi connectivity index (χ2v) is 17.9. The number of carbonyl (C=O) groups excluding carboxylic acids is 5. The lowest BCUT2D eigenvalue weighted by atomic mass is 9.89. The molecular formula is C45H77N5O8. The Morgan fingerprint density at radius 3 is 2.00 bits per heavy atom. The van der Waals surface area contributed by atoms with E-state index in [4.69, 9.17) is 14.2 Å². The molecule has 1 aliphatic heterocycles. The molecule has 0 aromatic heterocycles. The lowest BCUT2D eigenvalue weighted by Crippen LogP contribution is -2.60. The fourth-order valence-corrected chi connectivity index (χ4v) is 8.21. The van der Waals surface area contributed by atoms with Gasteiger partial charge in [-0.3, -0.25) is 24.1 Å². The van der Waals surface area contributed by atoms with Crippen molar-refractivity contribution in [3.05, 3.63) is 35.9 Å². The Morgan fingerprint density at radius 1 is 0.879 bits per heavy atom. The molecule has 9 atom stereocenters. The summed E-state index contributed by atoms with van der Waals surface area (Å²) in [6.45, 7) is 22.2. The van der Waals surface area contributed by atoms with Crippen LogP contribution < -0.4 is 10.6 Å². The Morgan fingerprint density at radius 2 is 1.50 bits per heavy atom. The summed E-state index contributed by atoms with van der Waals surface area (Å²) in [4.78, 5) is 75.0. The zero-order valence-electron chi connectivity index (χ0n) is 38.3. The number of likely N-dealkylation sites (N-methyl/N-ethyl adjacent to an activating group) is 2. The molecule has 13 nitrogen and oxygen atoms in total. The van der Waals surface area contributed by atoms with Crippen LogP contribution in [-0.2, 0) is 44.6 Å². The van der Waals surface area contributed by atoms with E-state index in [2.05, 4.69) is 10.6 Å². The molecule has 0 bridgehead atoms. The smallest absolute Gasteiger partial charge is 0.329 e. The second-order valence-electron chi connectivity index (χ2n) is 17.9. The van der Waals surface area contributed by atoms with Crippen LogP contribution in [0.1, 0.15) is 107 Å². The maximum atomic E-state index is 14.3. The van der Waals surface area contributed by atoms with E-state index >= 15 is 0 Å². The van der Waals surface area contributed by atoms with E-state index in [1.807, 2.05) is 90.7 Å². The Hall–Kier alpha value is -3.55. The average molecular weight is 816 g/mol. The monoisotopic (exact) mass is 816 g/mol. The molecule has 1 aromatic rings. The molecule has 1 saturated heterocycles. The Bertz CT molecular complexity index is 1470. The third-order valence-electron chi connectivity index (χ3n) is 11.7. The van der Waals surface area contributed by atoms with Gasteiger partial charge in [-0.2, -0.15) is 0 Å². The number of likely N-dealkylation sites (tertiary alicyclic amines) is 1. The quantitative estimate of drug-likeness (QED) is 0.153. The largest absolute Gasteiger partial charge is 0.458 e. The normalized spacial score (nSPS) is 18.9. The number of amides is 4. The number of rotatable bonds is 22. The highest BCUT2D eigenvalue weighted by atomic mass is 16.6. The van der Waals surface area contributed by atoms with Crippen molar-refractivity contribution in [1.29, 1.82) is 0 Å². The van der Waals surface area contributed by atoms with Gasteiger partial charge in [0, 0.05) is 34.2 Å². The molecule has 4 amide bonds. The van der Waals surface area contributed by atoms with Gasteiger partial charge in [-0.1, -0.05) is 92.1 Å². The van der Waals surface area contributed by atoms with Crippen LogP contribution in [-0.4, -0.2) is 134 Å². The van der Waals surface area contributed by atoms with Crippen LogP contribution >= 0.6 is 0 Å². The zero-order valence-corrected chi connectivity index (χ0v) is 38.3. The Labute approximate surface area is 349 Å². The van der Waals surface area contributed by atoms with Gasteiger partial charge in [0.25, 0.3) is 0 Å². The van der Waals surface area contributed by atoms with Crippen molar-refractivity contribution >= 4 is 29.6 Å². The molecule has 58 heavy (non-hydrogen) atoms. The summed E-state index contributed by atoms with van der Waals surface area (Å²) in [5, 5.41) is 6.01. The summed E-state index contributed by atoms with van der Waals surface area (Å²) in [5.74, 6) is -2.39. The van der Waals surface area contributed by atoms with E-state index in [0.29, 0.717) is 19.5 Å². The average Bonchev–Trinajstić information content (AvgIpc) is 3.65. The van der Waals surface area contributed by atoms with Crippen LogP contribution in [0.25, 0.3) is 0 Å². The highest BCUT2D eigenvalue weighted by Crippen LogP contribution is 2.30. The number of methoxy groups -OCH3 is 2. The van der Waals surface area contributed by atoms with Crippen molar-refractivity contribution in [2.24, 2.45) is 23.7 Å². The number of ether oxygens (including phenoxy) is 3. The lowest BCUT2D eigenvalue weighted by molar-refractivity contribution is -0.159. The van der Waals surface area contributed by atoms with Crippen molar-refractivity contribution in [2.75, 3.05) is 41.4 Å². The minimum atomic E-state index is -0.923. The van der Waals surface area contributed by atoms with Gasteiger partial charge in [0.15, 0.2) is 0 Å². The van der Waals surface area contributed by atoms with Crippen LogP contribution in [0.15, 0.2) is 30.3 Å². The lowest BCUT2D eigenvalue weighted by Gasteiger charge is -2.41. The Balaban J connectivity index is 2.32. The maximum Gasteiger partial charge on any atom is 0.329 e. The van der Waals surface area contributed by atoms with Crippen LogP contribution in [0.2, 0.25) is 0 Å². The minimum absolute atomic E-state index is 0.00382. The summed E-state index contributed by atoms with van der Waals surface area (Å²) in [6, 6.07) is 6.49. The summed E-state index contributed by atoms with van der Waals surface area (Å²) in [6.07, 6.45) is 1.04. The molecule has 3 unspecified atom stereocenters. The van der Waals surface area contributed by atoms with Crippen molar-refractivity contribution in [1.82, 2.24) is 25.3 Å². The summed E-state index contributed by atoms with van der Waals surface area (Å²) >= 11 is 0. The first-order valence-corrected chi connectivity index (χ1v) is 21.3. The maximum absolute atomic E-state index is 14.3. The molecule has 0 aliphatic carbocycles. The van der Waals surface area contributed by atoms with E-state index < -0.39 is 59.9 Å². The first kappa shape index (κ1) is 50.6. The van der Waals surface area contributed by atoms with E-state index in [1.54, 1.807) is 51.7 Å². The van der Waals surface area contributed by atoms with Gasteiger partial charge >= 0.3 is 5.97 Å². The summed E-state index contributed by atoms with van der Waals surface area (Å²) in [5.41, 5.74) is 0.134. The Kier molecular flexibility index (Phi) is 20.3. The van der Waals surface area contributed by atoms with Gasteiger partial charge in [-0.05, 0) is 70.5 Å². The molecule has 0 saturated carbocycles. The third-order valence-corrected chi connectivity index (χ3v) is 11.7. The van der Waals surface area contributed by atoms with E-state index in [-0.39, 0.29) is 54.2 Å². The number of hydrogen-bond acceptors (Lipinski definition) is 9. The number of nitrogens with one attached hydrogen (secondary N) is 2. The van der Waals surface area contributed by atoms with Crippen molar-refractivity contribution in [3.8, 4) is 0 Å². The number of esters is 1. The van der Waals surface area contributed by atoms with Gasteiger partial charge < -0.3 is 34.6 Å². The van der Waals surface area contributed by atoms with Crippen LogP contribution in [0.4, 0.5) is 0 Å². The van der Waals surface area contributed by atoms with Gasteiger partial charge in [-0.15, -0.1) is 0 Å². The van der Waals surface area contributed by atoms with Crippen molar-refractivity contribution in [2.45, 2.75) is 156 Å². The predicted octanol–water partition coefficient (Wildman–Crippen LogP) is 5.09. The van der Waals surface area contributed by atoms with Crippen LogP contribution in [0.5, 0.6) is 0 Å². The molecule has 2 N–H and O–H groups in total. The molecule has 0 spiro atoms. The number of nitrogens with zero attached hydrogens (tertiary/aromatic N) is 3. The topological polar surface area (TPSA) is 147 Å². The highest BCUT2D eigenvalue weighted by molar-refractivity contribution is 5.90. The summed E-state index contributed by atoms with van der Waals surface area (Å²) < 4.78 is 17.7. The van der Waals surface area contributed by atoms with E-state index in [1.165, 1.54) is 7.11 Å². The molecule has 1 aliphatic rings. The second kappa shape index (κ2) is 23.3. The molecule has 0 radical (unpaired) electrons. The molecule has 1 fully saturated rings. The molecule has 13 heteroatoms. The van der Waals surface area contributed by atoms with Crippen molar-refractivity contribution < 1.29 is 38.2 Å². The zero-order chi connectivity index (χ0) is 44.1. The van der Waals surface area contributed by atoms with Gasteiger partial charge in [-0.25, -0.2) is 4.79 Å². The first-order valence-electron chi connectivity index (χ1n) is 21.3. The number of benzene rings is 1. The molecule has 1 aromatic carbocycles. The van der Waals surface area contributed by atoms with Gasteiger partial charge in [0.2, 0.25) is 23.6 Å². The number of hydrogen-bond donors (Lipinski definition) is 2. The van der Waals surface area contributed by atoms with Gasteiger partial charge in [0.05, 0.1) is 42.7 Å². The van der Waals surface area contributed by atoms with E-state index in [0.717, 1.165) is 18.4 Å². The molecule has 2 rings (SSSR count). The fraction of sp³-hybridized carbons (Fsp3) is 0.756. The van der Waals surface area contributed by atoms with Crippen LogP contribution in [0, 0.1) is 23.7 Å². The summed E-state index contributed by atoms with van der Waals surface area (Å²) in [7, 11) is 6.74. The first-order chi connectivity index (χ1) is 27.1. The molecule has 330 valence electrons. The third kappa shape index (κ3) is 14.0. The van der Waals surface area contributed by atoms with Gasteiger partial charge in [0.1, 0.15) is 17.7 Å². The predicted molar refractivity (Wildman–Crippen MR) is 228 cm³/mol. The fourth-order valence-electron chi connectivity index (χ4n) is 8.21. The van der Waals surface area contributed by atoms with Crippen molar-refractivity contribution in [3.63, 3.8) is 0 Å². The number of carbonyl (C=O) groups is 5. The molecular weight excluding hydrogens is 739 g/mol. The minimum Gasteiger partial charge on any atom is -0.458 e. The standard InChI is InChI=1S/C45H77N5O8/c1-16-30(7)39(49(13)43(54)37(28(3)4)47-42(53)38(29(5)6)48(12)17-2)35(56-14)27-36(51)50-25-21-24-34(50)40(57-15)31(8)41(52)46-33(44(55)58-45(9,10)11)26-32-22-19-18-20-23-32/h18-20,22-23,28-31,33-35,37-40H,16-17,21,24-27H2,1-15H3,(H,46,52)(H,47,53)/t30-,31+,33?,34-,35?,37-,38-,39?,40+/m0/s1. The van der Waals surface area contributed by atoms with E-state index in [9.17, 15) is 24.0 Å². The molecule has 1 heterocycles. The SMILES string of the molecule is CC[C@H](C)C(C(CC(=O)N1CCC[C@H]1[C@H](OC)[C@@H](C)C(=O)NC(Cc1ccccc1)C(=O)OC(C)(C)C)OC)N(C)C(=O)[C@@H](NC(=O)[C@H](C(C)C)N(C)CC)C(C)C. The highest BCUT2D eigenvalue weighted by Gasteiger charge is 2.43. The van der Waals surface area contributed by atoms with Crippen LogP contribution in [0.3, 0.4) is 0 Å².